The Hall–Kier alpha value is -2.87. The van der Waals surface area contributed by atoms with Gasteiger partial charge < -0.3 is 10.6 Å². The fraction of sp³-hybridized carbons (Fsp3) is 0.278. The van der Waals surface area contributed by atoms with E-state index in [0.29, 0.717) is 29.5 Å². The second kappa shape index (κ2) is 6.49. The molecule has 1 saturated carbocycles. The number of nitrogens with one attached hydrogen (secondary N) is 2. The van der Waals surface area contributed by atoms with Gasteiger partial charge in [-0.25, -0.2) is 4.98 Å². The second-order valence-electron chi connectivity index (χ2n) is 5.79. The molecule has 1 aliphatic rings. The molecule has 0 spiro atoms. The van der Waals surface area contributed by atoms with E-state index in [1.54, 1.807) is 18.3 Å². The third-order valence-corrected chi connectivity index (χ3v) is 3.83. The first-order chi connectivity index (χ1) is 11.2. The maximum atomic E-state index is 11.9. The average Bonchev–Trinajstić information content (AvgIpc) is 3.38. The number of carbonyl (C=O) groups excluding carboxylic acids is 1. The maximum Gasteiger partial charge on any atom is 0.253 e. The molecule has 0 unspecified atom stereocenters. The number of nitrogens with zero attached hydrogens (tertiary/aromatic N) is 2. The van der Waals surface area contributed by atoms with Crippen molar-refractivity contribution >= 4 is 11.7 Å². The largest absolute Gasteiger partial charge is 0.366 e. The van der Waals surface area contributed by atoms with E-state index in [-0.39, 0.29) is 5.91 Å². The number of amides is 1. The van der Waals surface area contributed by atoms with Gasteiger partial charge in [0, 0.05) is 18.8 Å². The van der Waals surface area contributed by atoms with Crippen molar-refractivity contribution in [1.29, 1.82) is 5.26 Å². The Kier molecular flexibility index (Phi) is 4.24. The predicted octanol–water partition coefficient (Wildman–Crippen LogP) is 2.77. The third kappa shape index (κ3) is 3.86. The van der Waals surface area contributed by atoms with Crippen LogP contribution < -0.4 is 10.6 Å². The lowest BCUT2D eigenvalue weighted by Gasteiger charge is -2.08. The van der Waals surface area contributed by atoms with Crippen molar-refractivity contribution in [2.75, 3.05) is 5.32 Å². The summed E-state index contributed by atoms with van der Waals surface area (Å²) in [5, 5.41) is 15.2. The van der Waals surface area contributed by atoms with Crippen LogP contribution in [0.2, 0.25) is 0 Å². The van der Waals surface area contributed by atoms with Crippen LogP contribution in [0.3, 0.4) is 0 Å². The summed E-state index contributed by atoms with van der Waals surface area (Å²) in [5.41, 5.74) is 3.25. The second-order valence-corrected chi connectivity index (χ2v) is 5.79. The zero-order valence-electron chi connectivity index (χ0n) is 13.0. The lowest BCUT2D eigenvalue weighted by atomic mass is 10.1. The predicted molar refractivity (Wildman–Crippen MR) is 87.9 cm³/mol. The Bertz CT molecular complexity index is 758. The summed E-state index contributed by atoms with van der Waals surface area (Å²) in [6.07, 6.45) is 3.72. The first kappa shape index (κ1) is 15.0. The van der Waals surface area contributed by atoms with Gasteiger partial charge in [0.15, 0.2) is 0 Å². The third-order valence-electron chi connectivity index (χ3n) is 3.83. The van der Waals surface area contributed by atoms with Gasteiger partial charge in [-0.15, -0.1) is 0 Å². The smallest absolute Gasteiger partial charge is 0.253 e. The molecule has 116 valence electrons. The minimum atomic E-state index is -0.0660. The van der Waals surface area contributed by atoms with Crippen molar-refractivity contribution in [2.24, 2.45) is 0 Å². The van der Waals surface area contributed by atoms with Crippen LogP contribution >= 0.6 is 0 Å². The number of hydrogen-bond acceptors (Lipinski definition) is 4. The molecular weight excluding hydrogens is 288 g/mol. The molecule has 3 rings (SSSR count). The van der Waals surface area contributed by atoms with Crippen LogP contribution in [0, 0.1) is 18.3 Å². The topological polar surface area (TPSA) is 77.8 Å². The molecule has 2 N–H and O–H groups in total. The highest BCUT2D eigenvalue weighted by Crippen LogP contribution is 2.19. The summed E-state index contributed by atoms with van der Waals surface area (Å²) >= 11 is 0. The highest BCUT2D eigenvalue weighted by Gasteiger charge is 2.23. The first-order valence-corrected chi connectivity index (χ1v) is 7.66. The van der Waals surface area contributed by atoms with Gasteiger partial charge in [0.1, 0.15) is 5.82 Å². The van der Waals surface area contributed by atoms with Crippen LogP contribution in [0.5, 0.6) is 0 Å². The molecule has 1 heterocycles. The molecule has 1 amide bonds. The van der Waals surface area contributed by atoms with Crippen LogP contribution in [-0.2, 0) is 6.54 Å². The Balaban J connectivity index is 1.60. The van der Waals surface area contributed by atoms with Crippen molar-refractivity contribution in [1.82, 2.24) is 10.3 Å². The van der Waals surface area contributed by atoms with E-state index in [0.717, 1.165) is 24.0 Å². The van der Waals surface area contributed by atoms with Gasteiger partial charge in [0.25, 0.3) is 5.91 Å². The van der Waals surface area contributed by atoms with Crippen molar-refractivity contribution in [3.8, 4) is 6.07 Å². The van der Waals surface area contributed by atoms with Gasteiger partial charge in [-0.05, 0) is 49.1 Å². The molecular formula is C18H18N4O. The van der Waals surface area contributed by atoms with E-state index in [1.165, 1.54) is 0 Å². The van der Waals surface area contributed by atoms with Crippen LogP contribution in [0.25, 0.3) is 0 Å². The van der Waals surface area contributed by atoms with Gasteiger partial charge in [-0.3, -0.25) is 4.79 Å². The van der Waals surface area contributed by atoms with E-state index in [9.17, 15) is 4.79 Å². The fourth-order valence-electron chi connectivity index (χ4n) is 2.22. The van der Waals surface area contributed by atoms with Crippen molar-refractivity contribution in [3.63, 3.8) is 0 Å². The number of carbonyl (C=O) groups is 1. The molecule has 1 aromatic carbocycles. The number of hydrogen-bond donors (Lipinski definition) is 2. The summed E-state index contributed by atoms with van der Waals surface area (Å²) in [5.74, 6) is 0.635. The Morgan fingerprint density at radius 1 is 1.35 bits per heavy atom. The van der Waals surface area contributed by atoms with Crippen molar-refractivity contribution in [2.45, 2.75) is 32.4 Å². The van der Waals surface area contributed by atoms with Crippen LogP contribution in [0.4, 0.5) is 5.82 Å². The number of benzene rings is 1. The van der Waals surface area contributed by atoms with Crippen molar-refractivity contribution < 1.29 is 4.79 Å². The number of anilines is 1. The zero-order chi connectivity index (χ0) is 16.2. The summed E-state index contributed by atoms with van der Waals surface area (Å²) in [6, 6.07) is 11.9. The van der Waals surface area contributed by atoms with Gasteiger partial charge in [0.2, 0.25) is 0 Å². The standard InChI is InChI=1S/C18H18N4O/c1-12-2-3-13(8-15(12)9-19)10-20-17-7-4-14(11-21-17)18(23)22-16-5-6-16/h2-4,7-8,11,16H,5-6,10H2,1H3,(H,20,21)(H,22,23). The molecule has 1 aromatic heterocycles. The SMILES string of the molecule is Cc1ccc(CNc2ccc(C(=O)NC3CC3)cn2)cc1C#N. The number of aromatic nitrogens is 1. The summed E-state index contributed by atoms with van der Waals surface area (Å²) < 4.78 is 0. The molecule has 0 radical (unpaired) electrons. The van der Waals surface area contributed by atoms with Crippen LogP contribution in [-0.4, -0.2) is 16.9 Å². The highest BCUT2D eigenvalue weighted by molar-refractivity contribution is 5.94. The number of pyridine rings is 1. The molecule has 0 bridgehead atoms. The summed E-state index contributed by atoms with van der Waals surface area (Å²) in [4.78, 5) is 16.2. The van der Waals surface area contributed by atoms with Crippen LogP contribution in [0.1, 0.15) is 39.9 Å². The average molecular weight is 306 g/mol. The van der Waals surface area contributed by atoms with Gasteiger partial charge in [-0.2, -0.15) is 5.26 Å². The molecule has 5 nitrogen and oxygen atoms in total. The molecule has 23 heavy (non-hydrogen) atoms. The van der Waals surface area contributed by atoms with E-state index in [1.807, 2.05) is 25.1 Å². The summed E-state index contributed by atoms with van der Waals surface area (Å²) in [6.45, 7) is 2.50. The van der Waals surface area contributed by atoms with Gasteiger partial charge in [0.05, 0.1) is 17.2 Å². The number of nitriles is 1. The lowest BCUT2D eigenvalue weighted by Crippen LogP contribution is -2.25. The number of rotatable bonds is 5. The lowest BCUT2D eigenvalue weighted by molar-refractivity contribution is 0.0951. The molecule has 1 fully saturated rings. The van der Waals surface area contributed by atoms with E-state index < -0.39 is 0 Å². The van der Waals surface area contributed by atoms with E-state index in [2.05, 4.69) is 21.7 Å². The van der Waals surface area contributed by atoms with Gasteiger partial charge >= 0.3 is 0 Å². The Morgan fingerprint density at radius 3 is 2.83 bits per heavy atom. The Morgan fingerprint density at radius 2 is 2.17 bits per heavy atom. The quantitative estimate of drug-likeness (QED) is 0.890. The van der Waals surface area contributed by atoms with Crippen LogP contribution in [0.15, 0.2) is 36.5 Å². The molecule has 1 aliphatic carbocycles. The Labute approximate surface area is 135 Å². The molecule has 5 heteroatoms. The maximum absolute atomic E-state index is 11.9. The molecule has 2 aromatic rings. The van der Waals surface area contributed by atoms with E-state index >= 15 is 0 Å². The van der Waals surface area contributed by atoms with Gasteiger partial charge in [-0.1, -0.05) is 12.1 Å². The minimum absolute atomic E-state index is 0.0660. The summed E-state index contributed by atoms with van der Waals surface area (Å²) in [7, 11) is 0. The molecule has 0 aliphatic heterocycles. The molecule has 0 saturated heterocycles. The van der Waals surface area contributed by atoms with Crippen molar-refractivity contribution in [3.05, 3.63) is 58.8 Å². The monoisotopic (exact) mass is 306 g/mol. The zero-order valence-corrected chi connectivity index (χ0v) is 13.0. The highest BCUT2D eigenvalue weighted by atomic mass is 16.1. The van der Waals surface area contributed by atoms with E-state index in [4.69, 9.17) is 5.26 Å². The first-order valence-electron chi connectivity index (χ1n) is 7.66. The number of aryl methyl sites for hydroxylation is 1. The minimum Gasteiger partial charge on any atom is -0.366 e. The normalized spacial score (nSPS) is 13.2. The fourth-order valence-corrected chi connectivity index (χ4v) is 2.22. The molecule has 0 atom stereocenters.